The SMILES string of the molecule is c1ccc(-c2cc(-c3ccccc3)nc(-c3ccc(-c4cn5ccncc5n4)cc3)c2)cc1. The number of hydrogen-bond acceptors (Lipinski definition) is 3. The quantitative estimate of drug-likeness (QED) is 0.313. The summed E-state index contributed by atoms with van der Waals surface area (Å²) in [5.41, 5.74) is 9.22. The Morgan fingerprint density at radius 1 is 0.515 bits per heavy atom. The molecule has 4 nitrogen and oxygen atoms in total. The minimum absolute atomic E-state index is 0.835. The van der Waals surface area contributed by atoms with Gasteiger partial charge in [0, 0.05) is 35.3 Å². The van der Waals surface area contributed by atoms with Crippen molar-refractivity contribution in [3.8, 4) is 44.9 Å². The number of nitrogens with zero attached hydrogens (tertiary/aromatic N) is 4. The van der Waals surface area contributed by atoms with E-state index < -0.39 is 0 Å². The van der Waals surface area contributed by atoms with Crippen LogP contribution in [-0.2, 0) is 0 Å². The fourth-order valence-electron chi connectivity index (χ4n) is 4.03. The molecule has 0 aliphatic heterocycles. The molecule has 0 spiro atoms. The highest BCUT2D eigenvalue weighted by atomic mass is 15.0. The molecule has 0 aliphatic rings. The van der Waals surface area contributed by atoms with Gasteiger partial charge < -0.3 is 4.40 Å². The van der Waals surface area contributed by atoms with E-state index in [1.807, 2.05) is 41.1 Å². The lowest BCUT2D eigenvalue weighted by Crippen LogP contribution is -1.91. The summed E-state index contributed by atoms with van der Waals surface area (Å²) in [4.78, 5) is 13.8. The first-order chi connectivity index (χ1) is 16.3. The zero-order valence-electron chi connectivity index (χ0n) is 17.8. The van der Waals surface area contributed by atoms with Gasteiger partial charge in [0.1, 0.15) is 0 Å². The van der Waals surface area contributed by atoms with E-state index in [2.05, 4.69) is 82.8 Å². The molecule has 0 unspecified atom stereocenters. The monoisotopic (exact) mass is 424 g/mol. The summed E-state index contributed by atoms with van der Waals surface area (Å²) >= 11 is 0. The van der Waals surface area contributed by atoms with Crippen LogP contribution in [0.15, 0.2) is 122 Å². The number of benzene rings is 3. The Balaban J connectivity index is 1.43. The number of imidazole rings is 1. The molecule has 0 aliphatic carbocycles. The number of hydrogen-bond donors (Lipinski definition) is 0. The molecular formula is C29H20N4. The summed E-state index contributed by atoms with van der Waals surface area (Å²) < 4.78 is 1.98. The highest BCUT2D eigenvalue weighted by Gasteiger charge is 2.10. The van der Waals surface area contributed by atoms with Gasteiger partial charge in [-0.2, -0.15) is 0 Å². The van der Waals surface area contributed by atoms with E-state index in [1.54, 1.807) is 12.4 Å². The van der Waals surface area contributed by atoms with Crippen molar-refractivity contribution in [2.24, 2.45) is 0 Å². The third-order valence-corrected chi connectivity index (χ3v) is 5.74. The van der Waals surface area contributed by atoms with Crippen LogP contribution in [-0.4, -0.2) is 19.4 Å². The Kier molecular flexibility index (Phi) is 4.74. The molecular weight excluding hydrogens is 404 g/mol. The fourth-order valence-corrected chi connectivity index (χ4v) is 4.03. The minimum atomic E-state index is 0.835. The summed E-state index contributed by atoms with van der Waals surface area (Å²) in [7, 11) is 0. The van der Waals surface area contributed by atoms with E-state index in [-0.39, 0.29) is 0 Å². The molecule has 6 aromatic rings. The van der Waals surface area contributed by atoms with E-state index in [4.69, 9.17) is 4.98 Å². The second kappa shape index (κ2) is 8.17. The first-order valence-electron chi connectivity index (χ1n) is 10.9. The minimum Gasteiger partial charge on any atom is -0.304 e. The van der Waals surface area contributed by atoms with Crippen LogP contribution in [0.1, 0.15) is 0 Å². The largest absolute Gasteiger partial charge is 0.304 e. The van der Waals surface area contributed by atoms with Gasteiger partial charge in [-0.25, -0.2) is 9.97 Å². The van der Waals surface area contributed by atoms with Crippen LogP contribution >= 0.6 is 0 Å². The van der Waals surface area contributed by atoms with Gasteiger partial charge >= 0.3 is 0 Å². The lowest BCUT2D eigenvalue weighted by molar-refractivity contribution is 1.13. The van der Waals surface area contributed by atoms with Crippen molar-refractivity contribution < 1.29 is 0 Å². The average Bonchev–Trinajstić information content (AvgIpc) is 3.34. The first-order valence-corrected chi connectivity index (χ1v) is 10.9. The van der Waals surface area contributed by atoms with Gasteiger partial charge in [0.2, 0.25) is 0 Å². The number of fused-ring (bicyclic) bond motifs is 1. The predicted molar refractivity (Wildman–Crippen MR) is 133 cm³/mol. The molecule has 0 saturated carbocycles. The maximum Gasteiger partial charge on any atom is 0.155 e. The first kappa shape index (κ1) is 19.1. The van der Waals surface area contributed by atoms with Crippen molar-refractivity contribution in [1.29, 1.82) is 0 Å². The number of aromatic nitrogens is 4. The number of rotatable bonds is 4. The molecule has 0 amide bonds. The Morgan fingerprint density at radius 3 is 1.73 bits per heavy atom. The van der Waals surface area contributed by atoms with E-state index in [9.17, 15) is 0 Å². The van der Waals surface area contributed by atoms with Gasteiger partial charge in [-0.15, -0.1) is 0 Å². The highest BCUT2D eigenvalue weighted by molar-refractivity contribution is 5.77. The summed E-state index contributed by atoms with van der Waals surface area (Å²) in [5.74, 6) is 0. The van der Waals surface area contributed by atoms with Crippen molar-refractivity contribution in [2.75, 3.05) is 0 Å². The van der Waals surface area contributed by atoms with Crippen LogP contribution < -0.4 is 0 Å². The average molecular weight is 425 g/mol. The van der Waals surface area contributed by atoms with Crippen LogP contribution in [0.2, 0.25) is 0 Å². The predicted octanol–water partition coefficient (Wildman–Crippen LogP) is 6.79. The molecule has 33 heavy (non-hydrogen) atoms. The van der Waals surface area contributed by atoms with E-state index >= 15 is 0 Å². The molecule has 4 heteroatoms. The van der Waals surface area contributed by atoms with Crippen LogP contribution in [0.25, 0.3) is 50.5 Å². The Hall–Kier alpha value is -4.57. The van der Waals surface area contributed by atoms with Crippen LogP contribution in [0.3, 0.4) is 0 Å². The smallest absolute Gasteiger partial charge is 0.155 e. The van der Waals surface area contributed by atoms with E-state index in [1.165, 1.54) is 5.56 Å². The topological polar surface area (TPSA) is 43.1 Å². The molecule has 3 heterocycles. The Morgan fingerprint density at radius 2 is 1.09 bits per heavy atom. The number of pyridine rings is 1. The molecule has 156 valence electrons. The Labute approximate surface area is 191 Å². The summed E-state index contributed by atoms with van der Waals surface area (Å²) in [6.07, 6.45) is 7.46. The van der Waals surface area contributed by atoms with Gasteiger partial charge in [-0.1, -0.05) is 84.9 Å². The standard InChI is InChI=1S/C29H20N4/c1-3-7-21(8-4-1)25-17-26(22-9-5-2-6-10-22)31-27(18-25)23-11-13-24(14-12-23)28-20-33-16-15-30-19-29(33)32-28/h1-20H. The molecule has 3 aromatic carbocycles. The third kappa shape index (κ3) is 3.79. The third-order valence-electron chi connectivity index (χ3n) is 5.74. The van der Waals surface area contributed by atoms with Crippen molar-refractivity contribution in [2.45, 2.75) is 0 Å². The molecule has 0 saturated heterocycles. The van der Waals surface area contributed by atoms with E-state index in [0.717, 1.165) is 45.0 Å². The molecule has 0 bridgehead atoms. The second-order valence-electron chi connectivity index (χ2n) is 7.90. The lowest BCUT2D eigenvalue weighted by Gasteiger charge is -2.10. The maximum atomic E-state index is 5.01. The van der Waals surface area contributed by atoms with E-state index in [0.29, 0.717) is 0 Å². The van der Waals surface area contributed by atoms with Gasteiger partial charge in [-0.3, -0.25) is 4.98 Å². The fraction of sp³-hybridized carbons (Fsp3) is 0. The van der Waals surface area contributed by atoms with Gasteiger partial charge in [0.25, 0.3) is 0 Å². The zero-order valence-corrected chi connectivity index (χ0v) is 17.8. The van der Waals surface area contributed by atoms with Crippen LogP contribution in [0.4, 0.5) is 0 Å². The van der Waals surface area contributed by atoms with Crippen molar-refractivity contribution in [3.63, 3.8) is 0 Å². The normalized spacial score (nSPS) is 11.0. The summed E-state index contributed by atoms with van der Waals surface area (Å²) in [5, 5.41) is 0. The molecule has 0 atom stereocenters. The van der Waals surface area contributed by atoms with Crippen LogP contribution in [0, 0.1) is 0 Å². The zero-order chi connectivity index (χ0) is 22.0. The molecule has 0 N–H and O–H groups in total. The van der Waals surface area contributed by atoms with Gasteiger partial charge in [-0.05, 0) is 23.3 Å². The molecule has 6 rings (SSSR count). The Bertz CT molecular complexity index is 1450. The van der Waals surface area contributed by atoms with Gasteiger partial charge in [0.05, 0.1) is 23.3 Å². The van der Waals surface area contributed by atoms with Crippen molar-refractivity contribution in [3.05, 3.63) is 122 Å². The van der Waals surface area contributed by atoms with Crippen molar-refractivity contribution >= 4 is 5.65 Å². The maximum absolute atomic E-state index is 5.01. The van der Waals surface area contributed by atoms with Gasteiger partial charge in [0.15, 0.2) is 5.65 Å². The summed E-state index contributed by atoms with van der Waals surface area (Å²) in [6, 6.07) is 33.5. The second-order valence-corrected chi connectivity index (χ2v) is 7.90. The summed E-state index contributed by atoms with van der Waals surface area (Å²) in [6.45, 7) is 0. The highest BCUT2D eigenvalue weighted by Crippen LogP contribution is 2.31. The van der Waals surface area contributed by atoms with Crippen molar-refractivity contribution in [1.82, 2.24) is 19.4 Å². The van der Waals surface area contributed by atoms with Crippen LogP contribution in [0.5, 0.6) is 0 Å². The molecule has 3 aromatic heterocycles. The molecule has 0 fully saturated rings. The molecule has 0 radical (unpaired) electrons. The lowest BCUT2D eigenvalue weighted by atomic mass is 9.99.